The van der Waals surface area contributed by atoms with E-state index >= 15 is 0 Å². The lowest BCUT2D eigenvalue weighted by Gasteiger charge is -2.23. The molecule has 132 valence electrons. The number of nitrogens with one attached hydrogen (secondary N) is 1. The second-order valence-corrected chi connectivity index (χ2v) is 6.04. The van der Waals surface area contributed by atoms with E-state index in [0.29, 0.717) is 18.8 Å². The molecule has 1 aliphatic rings. The Morgan fingerprint density at radius 3 is 2.92 bits per heavy atom. The van der Waals surface area contributed by atoms with Gasteiger partial charge in [-0.05, 0) is 19.3 Å². The number of likely N-dealkylation sites (tertiary alicyclic amines) is 1. The van der Waals surface area contributed by atoms with Gasteiger partial charge in [-0.3, -0.25) is 19.6 Å². The molecule has 1 aliphatic heterocycles. The highest BCUT2D eigenvalue weighted by Crippen LogP contribution is 2.32. The highest BCUT2D eigenvalue weighted by molar-refractivity contribution is 5.92. The molecule has 1 atom stereocenters. The van der Waals surface area contributed by atoms with Crippen LogP contribution in [0.3, 0.4) is 0 Å². The van der Waals surface area contributed by atoms with E-state index in [2.05, 4.69) is 20.4 Å². The summed E-state index contributed by atoms with van der Waals surface area (Å²) in [5.41, 5.74) is 2.15. The zero-order valence-corrected chi connectivity index (χ0v) is 14.4. The molecule has 2 aromatic rings. The van der Waals surface area contributed by atoms with Crippen LogP contribution in [-0.2, 0) is 17.8 Å². The molecule has 3 rings (SSSR count). The average Bonchev–Trinajstić information content (AvgIpc) is 3.28. The highest BCUT2D eigenvalue weighted by Gasteiger charge is 2.33. The fourth-order valence-electron chi connectivity index (χ4n) is 2.92. The fourth-order valence-corrected chi connectivity index (χ4v) is 2.92. The Hall–Kier alpha value is -2.77. The summed E-state index contributed by atoms with van der Waals surface area (Å²) in [6, 6.07) is 1.55. The Morgan fingerprint density at radius 1 is 1.36 bits per heavy atom. The number of hydrogen-bond donors (Lipinski definition) is 1. The maximum atomic E-state index is 12.7. The third kappa shape index (κ3) is 3.84. The highest BCUT2D eigenvalue weighted by atomic mass is 16.5. The van der Waals surface area contributed by atoms with Gasteiger partial charge >= 0.3 is 0 Å². The Morgan fingerprint density at radius 2 is 2.20 bits per heavy atom. The van der Waals surface area contributed by atoms with Gasteiger partial charge in [-0.2, -0.15) is 0 Å². The zero-order valence-electron chi connectivity index (χ0n) is 14.4. The summed E-state index contributed by atoms with van der Waals surface area (Å²) < 4.78 is 5.18. The van der Waals surface area contributed by atoms with Crippen LogP contribution in [0.25, 0.3) is 0 Å². The standard InChI is InChI=1S/C17H21N5O3/c1-3-12-7-16(25-21-12)17(24)22-6-4-5-15(22)14-10-18-8-13(20-14)9-19-11(2)23/h7-8,10,15H,3-6,9H2,1-2H3,(H,19,23)/t15-/m0/s1. The van der Waals surface area contributed by atoms with Crippen LogP contribution in [0.5, 0.6) is 0 Å². The third-order valence-electron chi connectivity index (χ3n) is 4.21. The molecule has 0 unspecified atom stereocenters. The minimum atomic E-state index is -0.177. The molecule has 1 saturated heterocycles. The van der Waals surface area contributed by atoms with E-state index in [1.165, 1.54) is 6.92 Å². The van der Waals surface area contributed by atoms with Gasteiger partial charge in [0, 0.05) is 19.5 Å². The van der Waals surface area contributed by atoms with Crippen molar-refractivity contribution < 1.29 is 14.1 Å². The van der Waals surface area contributed by atoms with Crippen molar-refractivity contribution in [3.63, 3.8) is 0 Å². The average molecular weight is 343 g/mol. The van der Waals surface area contributed by atoms with Gasteiger partial charge in [0.1, 0.15) is 0 Å². The summed E-state index contributed by atoms with van der Waals surface area (Å²) in [6.45, 7) is 4.37. The van der Waals surface area contributed by atoms with Crippen LogP contribution >= 0.6 is 0 Å². The second kappa shape index (κ2) is 7.42. The minimum absolute atomic E-state index is 0.123. The molecule has 2 amide bonds. The fraction of sp³-hybridized carbons (Fsp3) is 0.471. The van der Waals surface area contributed by atoms with E-state index in [4.69, 9.17) is 4.52 Å². The molecule has 3 heterocycles. The van der Waals surface area contributed by atoms with Crippen molar-refractivity contribution in [1.29, 1.82) is 0 Å². The van der Waals surface area contributed by atoms with Crippen molar-refractivity contribution in [3.05, 3.63) is 41.3 Å². The zero-order chi connectivity index (χ0) is 17.8. The number of nitrogens with zero attached hydrogens (tertiary/aromatic N) is 4. The number of aryl methyl sites for hydroxylation is 1. The topological polar surface area (TPSA) is 101 Å². The first-order valence-electron chi connectivity index (χ1n) is 8.40. The van der Waals surface area contributed by atoms with Crippen LogP contribution in [0.2, 0.25) is 0 Å². The number of amides is 2. The summed E-state index contributed by atoms with van der Waals surface area (Å²) in [6.07, 6.45) is 5.72. The quantitative estimate of drug-likeness (QED) is 0.885. The van der Waals surface area contributed by atoms with Gasteiger partial charge in [0.25, 0.3) is 5.91 Å². The van der Waals surface area contributed by atoms with Gasteiger partial charge in [0.05, 0.1) is 42.1 Å². The first-order chi connectivity index (χ1) is 12.1. The Balaban J connectivity index is 1.78. The van der Waals surface area contributed by atoms with E-state index in [1.807, 2.05) is 6.92 Å². The Kier molecular flexibility index (Phi) is 5.06. The van der Waals surface area contributed by atoms with Crippen molar-refractivity contribution in [3.8, 4) is 0 Å². The molecule has 0 aliphatic carbocycles. The lowest BCUT2D eigenvalue weighted by atomic mass is 10.1. The van der Waals surface area contributed by atoms with Gasteiger partial charge in [-0.25, -0.2) is 0 Å². The van der Waals surface area contributed by atoms with E-state index in [-0.39, 0.29) is 23.6 Å². The first kappa shape index (κ1) is 17.1. The van der Waals surface area contributed by atoms with Crippen molar-refractivity contribution in [2.45, 2.75) is 45.7 Å². The van der Waals surface area contributed by atoms with E-state index in [9.17, 15) is 9.59 Å². The Bertz CT molecular complexity index is 773. The summed E-state index contributed by atoms with van der Waals surface area (Å²) in [5.74, 6) is -0.0446. The number of carbonyl (C=O) groups is 2. The van der Waals surface area contributed by atoms with Crippen LogP contribution in [0.1, 0.15) is 60.4 Å². The molecule has 0 radical (unpaired) electrons. The van der Waals surface area contributed by atoms with Gasteiger partial charge in [-0.1, -0.05) is 12.1 Å². The molecule has 0 aromatic carbocycles. The maximum Gasteiger partial charge on any atom is 0.293 e. The van der Waals surface area contributed by atoms with Gasteiger partial charge in [0.15, 0.2) is 0 Å². The second-order valence-electron chi connectivity index (χ2n) is 6.04. The van der Waals surface area contributed by atoms with Gasteiger partial charge in [0.2, 0.25) is 11.7 Å². The molecule has 1 N–H and O–H groups in total. The smallest absolute Gasteiger partial charge is 0.293 e. The summed E-state index contributed by atoms with van der Waals surface area (Å²) in [7, 11) is 0. The summed E-state index contributed by atoms with van der Waals surface area (Å²) >= 11 is 0. The molecule has 25 heavy (non-hydrogen) atoms. The largest absolute Gasteiger partial charge is 0.351 e. The van der Waals surface area contributed by atoms with Crippen LogP contribution in [-0.4, -0.2) is 38.4 Å². The SMILES string of the molecule is CCc1cc(C(=O)N2CCC[C@H]2c2cncc(CNC(C)=O)n2)on1. The lowest BCUT2D eigenvalue weighted by Crippen LogP contribution is -2.31. The molecular formula is C17H21N5O3. The van der Waals surface area contributed by atoms with Crippen molar-refractivity contribution in [2.75, 3.05) is 6.54 Å². The number of aromatic nitrogens is 3. The third-order valence-corrected chi connectivity index (χ3v) is 4.21. The van der Waals surface area contributed by atoms with Crippen LogP contribution in [0.15, 0.2) is 23.0 Å². The van der Waals surface area contributed by atoms with E-state index in [1.54, 1.807) is 23.4 Å². The van der Waals surface area contributed by atoms with Crippen LogP contribution in [0.4, 0.5) is 0 Å². The molecule has 0 saturated carbocycles. The molecule has 0 spiro atoms. The predicted octanol–water partition coefficient (Wildman–Crippen LogP) is 1.64. The summed E-state index contributed by atoms with van der Waals surface area (Å²) in [4.78, 5) is 34.3. The van der Waals surface area contributed by atoms with Crippen molar-refractivity contribution >= 4 is 11.8 Å². The molecule has 2 aromatic heterocycles. The monoisotopic (exact) mass is 343 g/mol. The molecular weight excluding hydrogens is 322 g/mol. The van der Waals surface area contributed by atoms with Crippen molar-refractivity contribution in [1.82, 2.24) is 25.3 Å². The normalized spacial score (nSPS) is 16.9. The van der Waals surface area contributed by atoms with E-state index < -0.39 is 0 Å². The number of carbonyl (C=O) groups excluding carboxylic acids is 2. The predicted molar refractivity (Wildman–Crippen MR) is 88.4 cm³/mol. The molecule has 8 heteroatoms. The van der Waals surface area contributed by atoms with Gasteiger partial charge < -0.3 is 14.7 Å². The summed E-state index contributed by atoms with van der Waals surface area (Å²) in [5, 5.41) is 6.59. The Labute approximate surface area is 145 Å². The van der Waals surface area contributed by atoms with E-state index in [0.717, 1.165) is 30.7 Å². The molecule has 1 fully saturated rings. The number of hydrogen-bond acceptors (Lipinski definition) is 6. The van der Waals surface area contributed by atoms with Gasteiger partial charge in [-0.15, -0.1) is 0 Å². The first-order valence-corrected chi connectivity index (χ1v) is 8.40. The maximum absolute atomic E-state index is 12.7. The molecule has 8 nitrogen and oxygen atoms in total. The number of rotatable bonds is 5. The molecule has 0 bridgehead atoms. The van der Waals surface area contributed by atoms with Crippen molar-refractivity contribution in [2.24, 2.45) is 0 Å². The van der Waals surface area contributed by atoms with Crippen LogP contribution < -0.4 is 5.32 Å². The minimum Gasteiger partial charge on any atom is -0.351 e. The lowest BCUT2D eigenvalue weighted by molar-refractivity contribution is -0.119. The van der Waals surface area contributed by atoms with Crippen LogP contribution in [0, 0.1) is 0 Å².